The summed E-state index contributed by atoms with van der Waals surface area (Å²) < 4.78 is 7.04. The number of nitrogens with zero attached hydrogens (tertiary/aromatic N) is 3. The number of aromatic nitrogens is 1. The van der Waals surface area contributed by atoms with Gasteiger partial charge in [-0.1, -0.05) is 35.9 Å². The van der Waals surface area contributed by atoms with E-state index in [1.165, 1.54) is 5.56 Å². The molecule has 1 fully saturated rings. The van der Waals surface area contributed by atoms with Crippen LogP contribution in [0.15, 0.2) is 57.7 Å². The van der Waals surface area contributed by atoms with Crippen LogP contribution in [-0.4, -0.2) is 47.1 Å². The maximum Gasteiger partial charge on any atom is 0.419 e. The molecule has 6 heteroatoms. The number of fused-ring (bicyclic) bond motifs is 1. The molecule has 3 aromatic rings. The molecule has 1 aromatic heterocycles. The Morgan fingerprint density at radius 2 is 1.70 bits per heavy atom. The Morgan fingerprint density at radius 1 is 0.926 bits per heavy atom. The van der Waals surface area contributed by atoms with E-state index >= 15 is 0 Å². The van der Waals surface area contributed by atoms with Crippen molar-refractivity contribution in [3.8, 4) is 0 Å². The Bertz CT molecular complexity index is 957. The quantitative estimate of drug-likeness (QED) is 0.651. The predicted octanol–water partition coefficient (Wildman–Crippen LogP) is 3.46. The molecule has 0 saturated carbocycles. The van der Waals surface area contributed by atoms with Crippen molar-refractivity contribution < 1.29 is 4.42 Å². The highest BCUT2D eigenvalue weighted by atomic mass is 35.5. The number of aryl methyl sites for hydroxylation is 1. The molecule has 1 aliphatic heterocycles. The number of rotatable bonds is 6. The molecule has 2 heterocycles. The molecule has 0 radical (unpaired) electrons. The van der Waals surface area contributed by atoms with Gasteiger partial charge in [0.1, 0.15) is 0 Å². The lowest BCUT2D eigenvalue weighted by Gasteiger charge is -2.34. The van der Waals surface area contributed by atoms with Crippen molar-refractivity contribution in [2.45, 2.75) is 19.5 Å². The highest BCUT2D eigenvalue weighted by Gasteiger charge is 2.17. The topological polar surface area (TPSA) is 41.6 Å². The van der Waals surface area contributed by atoms with Crippen LogP contribution in [0, 0.1) is 0 Å². The normalized spacial score (nSPS) is 16.2. The average molecular weight is 386 g/mol. The van der Waals surface area contributed by atoms with E-state index in [2.05, 4.69) is 15.9 Å². The van der Waals surface area contributed by atoms with Crippen molar-refractivity contribution in [2.75, 3.05) is 32.7 Å². The van der Waals surface area contributed by atoms with Crippen molar-refractivity contribution in [1.82, 2.24) is 14.4 Å². The molecule has 1 aliphatic rings. The molecule has 0 unspecified atom stereocenters. The maximum atomic E-state index is 12.0. The van der Waals surface area contributed by atoms with Crippen LogP contribution in [0.4, 0.5) is 0 Å². The van der Waals surface area contributed by atoms with Crippen LogP contribution >= 0.6 is 11.6 Å². The van der Waals surface area contributed by atoms with Gasteiger partial charge in [0, 0.05) is 44.3 Å². The third-order valence-corrected chi connectivity index (χ3v) is 5.42. The maximum absolute atomic E-state index is 12.0. The molecule has 0 N–H and O–H groups in total. The van der Waals surface area contributed by atoms with E-state index in [-0.39, 0.29) is 5.76 Å². The van der Waals surface area contributed by atoms with Gasteiger partial charge in [0.2, 0.25) is 0 Å². The first kappa shape index (κ1) is 18.3. The van der Waals surface area contributed by atoms with Gasteiger partial charge in [0.25, 0.3) is 0 Å². The summed E-state index contributed by atoms with van der Waals surface area (Å²) >= 11 is 6.08. The molecular weight excluding hydrogens is 362 g/mol. The molecule has 0 aliphatic carbocycles. The van der Waals surface area contributed by atoms with E-state index in [0.29, 0.717) is 12.1 Å². The van der Waals surface area contributed by atoms with Crippen LogP contribution in [0.1, 0.15) is 12.0 Å². The standard InChI is InChI=1S/C21H24ClN3O2/c22-18-6-3-5-17(15-18)16-24-13-11-23(12-14-24)9-4-10-25-19-7-1-2-8-20(19)27-21(25)26/h1-3,5-8,15H,4,9-14,16H2. The SMILES string of the molecule is O=c1oc2ccccc2n1CCCN1CCN(Cc2cccc(Cl)c2)CC1. The molecule has 27 heavy (non-hydrogen) atoms. The number of piperazine rings is 1. The van der Waals surface area contributed by atoms with Crippen LogP contribution in [-0.2, 0) is 13.1 Å². The molecule has 1 saturated heterocycles. The van der Waals surface area contributed by atoms with Gasteiger partial charge >= 0.3 is 5.76 Å². The van der Waals surface area contributed by atoms with Gasteiger partial charge < -0.3 is 9.32 Å². The fraction of sp³-hybridized carbons (Fsp3) is 0.381. The van der Waals surface area contributed by atoms with Crippen molar-refractivity contribution in [2.24, 2.45) is 0 Å². The van der Waals surface area contributed by atoms with Crippen LogP contribution in [0.25, 0.3) is 11.1 Å². The molecule has 0 atom stereocenters. The Morgan fingerprint density at radius 3 is 2.52 bits per heavy atom. The lowest BCUT2D eigenvalue weighted by Crippen LogP contribution is -2.46. The highest BCUT2D eigenvalue weighted by Crippen LogP contribution is 2.15. The summed E-state index contributed by atoms with van der Waals surface area (Å²) in [7, 11) is 0. The summed E-state index contributed by atoms with van der Waals surface area (Å²) in [5, 5.41) is 0.799. The number of benzene rings is 2. The fourth-order valence-corrected chi connectivity index (χ4v) is 3.96. The summed E-state index contributed by atoms with van der Waals surface area (Å²) in [5.74, 6) is -0.262. The number of hydrogen-bond donors (Lipinski definition) is 0. The number of halogens is 1. The molecular formula is C21H24ClN3O2. The summed E-state index contributed by atoms with van der Waals surface area (Å²) in [5.41, 5.74) is 2.81. The van der Waals surface area contributed by atoms with Crippen molar-refractivity contribution in [1.29, 1.82) is 0 Å². The number of para-hydroxylation sites is 2. The molecule has 142 valence electrons. The molecule has 0 bridgehead atoms. The van der Waals surface area contributed by atoms with Crippen molar-refractivity contribution in [3.05, 3.63) is 69.7 Å². The fourth-order valence-electron chi connectivity index (χ4n) is 3.74. The average Bonchev–Trinajstić information content (AvgIpc) is 2.99. The van der Waals surface area contributed by atoms with E-state index < -0.39 is 0 Å². The van der Waals surface area contributed by atoms with Gasteiger partial charge in [-0.25, -0.2) is 4.79 Å². The molecule has 2 aromatic carbocycles. The monoisotopic (exact) mass is 385 g/mol. The number of hydrogen-bond acceptors (Lipinski definition) is 4. The Balaban J connectivity index is 1.25. The predicted molar refractivity (Wildman–Crippen MR) is 108 cm³/mol. The first-order valence-corrected chi connectivity index (χ1v) is 9.84. The molecule has 4 rings (SSSR count). The van der Waals surface area contributed by atoms with Crippen LogP contribution in [0.5, 0.6) is 0 Å². The van der Waals surface area contributed by atoms with E-state index in [9.17, 15) is 4.79 Å². The van der Waals surface area contributed by atoms with Gasteiger partial charge in [0.15, 0.2) is 5.58 Å². The highest BCUT2D eigenvalue weighted by molar-refractivity contribution is 6.30. The van der Waals surface area contributed by atoms with Crippen LogP contribution in [0.2, 0.25) is 5.02 Å². The zero-order chi connectivity index (χ0) is 18.6. The third-order valence-electron chi connectivity index (χ3n) is 5.19. The van der Waals surface area contributed by atoms with Crippen molar-refractivity contribution >= 4 is 22.7 Å². The van der Waals surface area contributed by atoms with Gasteiger partial charge in [-0.15, -0.1) is 0 Å². The lowest BCUT2D eigenvalue weighted by atomic mass is 10.2. The van der Waals surface area contributed by atoms with E-state index in [1.807, 2.05) is 42.5 Å². The molecule has 5 nitrogen and oxygen atoms in total. The third kappa shape index (κ3) is 4.43. The summed E-state index contributed by atoms with van der Waals surface area (Å²) in [6, 6.07) is 15.7. The summed E-state index contributed by atoms with van der Waals surface area (Å²) in [6.45, 7) is 6.87. The lowest BCUT2D eigenvalue weighted by molar-refractivity contribution is 0.125. The second-order valence-electron chi connectivity index (χ2n) is 7.09. The summed E-state index contributed by atoms with van der Waals surface area (Å²) in [4.78, 5) is 17.0. The number of oxazole rings is 1. The van der Waals surface area contributed by atoms with Crippen LogP contribution < -0.4 is 5.76 Å². The van der Waals surface area contributed by atoms with E-state index in [1.54, 1.807) is 4.57 Å². The first-order chi connectivity index (χ1) is 13.2. The zero-order valence-corrected chi connectivity index (χ0v) is 16.1. The Kier molecular flexibility index (Phi) is 5.62. The first-order valence-electron chi connectivity index (χ1n) is 9.46. The second kappa shape index (κ2) is 8.30. The van der Waals surface area contributed by atoms with E-state index in [4.69, 9.17) is 16.0 Å². The minimum absolute atomic E-state index is 0.262. The minimum Gasteiger partial charge on any atom is -0.408 e. The Labute approximate surface area is 163 Å². The smallest absolute Gasteiger partial charge is 0.408 e. The van der Waals surface area contributed by atoms with Crippen LogP contribution in [0.3, 0.4) is 0 Å². The van der Waals surface area contributed by atoms with Crippen molar-refractivity contribution in [3.63, 3.8) is 0 Å². The largest absolute Gasteiger partial charge is 0.419 e. The zero-order valence-electron chi connectivity index (χ0n) is 15.3. The minimum atomic E-state index is -0.262. The molecule has 0 spiro atoms. The Hall–Kier alpha value is -2.08. The van der Waals surface area contributed by atoms with Gasteiger partial charge in [-0.05, 0) is 42.8 Å². The van der Waals surface area contributed by atoms with Gasteiger partial charge in [-0.3, -0.25) is 9.47 Å². The van der Waals surface area contributed by atoms with Gasteiger partial charge in [-0.2, -0.15) is 0 Å². The van der Waals surface area contributed by atoms with Gasteiger partial charge in [0.05, 0.1) is 5.52 Å². The molecule has 0 amide bonds. The van der Waals surface area contributed by atoms with E-state index in [0.717, 1.165) is 56.2 Å². The second-order valence-corrected chi connectivity index (χ2v) is 7.53. The summed E-state index contributed by atoms with van der Waals surface area (Å²) in [6.07, 6.45) is 0.942.